The summed E-state index contributed by atoms with van der Waals surface area (Å²) in [6, 6.07) is 11.3. The van der Waals surface area contributed by atoms with Gasteiger partial charge in [0.05, 0.1) is 6.42 Å². The van der Waals surface area contributed by atoms with Crippen molar-refractivity contribution in [1.82, 2.24) is 14.9 Å². The molecule has 0 atom stereocenters. The van der Waals surface area contributed by atoms with Gasteiger partial charge in [-0.1, -0.05) is 32.8 Å². The lowest BCUT2D eigenvalue weighted by Crippen LogP contribution is -2.41. The zero-order chi connectivity index (χ0) is 22.6. The van der Waals surface area contributed by atoms with Crippen LogP contribution in [0.5, 0.6) is 0 Å². The van der Waals surface area contributed by atoms with Crippen LogP contribution in [0.3, 0.4) is 0 Å². The molecule has 5 nitrogen and oxygen atoms in total. The van der Waals surface area contributed by atoms with Crippen LogP contribution in [0.15, 0.2) is 48.9 Å². The largest absolute Gasteiger partial charge is 0.353 e. The second kappa shape index (κ2) is 11.2. The molecule has 1 aromatic carbocycles. The Bertz CT molecular complexity index is 1080. The third kappa shape index (κ3) is 5.69. The first kappa shape index (κ1) is 24.5. The quantitative estimate of drug-likeness (QED) is 0.485. The predicted molar refractivity (Wildman–Crippen MR) is 141 cm³/mol. The number of pyridine rings is 1. The highest BCUT2D eigenvalue weighted by Gasteiger charge is 2.22. The summed E-state index contributed by atoms with van der Waals surface area (Å²) < 4.78 is 2.41. The molecule has 2 heterocycles. The second-order valence-corrected chi connectivity index (χ2v) is 10.1. The van der Waals surface area contributed by atoms with Gasteiger partial charge in [-0.25, -0.2) is 0 Å². The molecule has 5 heteroatoms. The lowest BCUT2D eigenvalue weighted by Gasteiger charge is -2.26. The van der Waals surface area contributed by atoms with Crippen LogP contribution in [0.25, 0.3) is 22.0 Å². The Kier molecular flexibility index (Phi) is 8.04. The van der Waals surface area contributed by atoms with Crippen LogP contribution in [0.1, 0.15) is 70.8 Å². The lowest BCUT2D eigenvalue weighted by molar-refractivity contribution is -0.121. The maximum Gasteiger partial charge on any atom is 0.224 e. The third-order valence-corrected chi connectivity index (χ3v) is 7.64. The number of hydrogen-bond acceptors (Lipinski definition) is 3. The van der Waals surface area contributed by atoms with E-state index in [0.717, 1.165) is 49.3 Å². The van der Waals surface area contributed by atoms with Crippen LogP contribution in [-0.4, -0.2) is 27.5 Å². The molecule has 3 aromatic rings. The fourth-order valence-electron chi connectivity index (χ4n) is 5.75. The molecule has 2 aromatic heterocycles. The molecule has 0 unspecified atom stereocenters. The first-order valence-electron chi connectivity index (χ1n) is 12.7. The number of aromatic nitrogens is 2. The number of amides is 1. The molecule has 1 amide bonds. The minimum atomic E-state index is 0. The minimum absolute atomic E-state index is 0. The standard InChI is InChI=1S/C28H36N4O.CH4/c29-24-7-9-25(10-8-24)31-28(33)17-23-19-32(18-20-4-2-1-3-5-20)27-11-6-22(16-26(23)27)21-12-14-30-15-13-21;/h6,11-16,19-20,24-25H,1-5,7-10,17-18,29H2,(H,31,33);1H4. The fourth-order valence-corrected chi connectivity index (χ4v) is 5.75. The molecule has 2 aliphatic carbocycles. The summed E-state index contributed by atoms with van der Waals surface area (Å²) >= 11 is 0. The Hall–Kier alpha value is -2.66. The van der Waals surface area contributed by atoms with Gasteiger partial charge in [-0.2, -0.15) is 0 Å². The van der Waals surface area contributed by atoms with Crippen molar-refractivity contribution in [2.45, 2.75) is 90.3 Å². The van der Waals surface area contributed by atoms with Crippen molar-refractivity contribution in [2.75, 3.05) is 0 Å². The van der Waals surface area contributed by atoms with Gasteiger partial charge in [-0.3, -0.25) is 9.78 Å². The van der Waals surface area contributed by atoms with Crippen LogP contribution in [0.4, 0.5) is 0 Å². The second-order valence-electron chi connectivity index (χ2n) is 10.1. The maximum atomic E-state index is 13.0. The summed E-state index contributed by atoms with van der Waals surface area (Å²) in [5, 5.41) is 4.47. The van der Waals surface area contributed by atoms with Crippen molar-refractivity contribution in [2.24, 2.45) is 11.7 Å². The van der Waals surface area contributed by atoms with Crippen molar-refractivity contribution in [3.63, 3.8) is 0 Å². The topological polar surface area (TPSA) is 72.9 Å². The van der Waals surface area contributed by atoms with Gasteiger partial charge in [0.2, 0.25) is 5.91 Å². The molecule has 0 bridgehead atoms. The molecular formula is C29H40N4O. The SMILES string of the molecule is C.NC1CCC(NC(=O)Cc2cn(CC3CCCCC3)c3ccc(-c4ccncc4)cc23)CC1. The molecule has 0 radical (unpaired) electrons. The van der Waals surface area contributed by atoms with Crippen LogP contribution < -0.4 is 11.1 Å². The number of nitrogens with one attached hydrogen (secondary N) is 1. The van der Waals surface area contributed by atoms with Crippen molar-refractivity contribution in [1.29, 1.82) is 0 Å². The first-order chi connectivity index (χ1) is 16.2. The molecule has 2 saturated carbocycles. The Morgan fingerprint density at radius 1 is 0.971 bits per heavy atom. The van der Waals surface area contributed by atoms with Gasteiger partial charge in [-0.05, 0) is 85.4 Å². The molecule has 0 aliphatic heterocycles. The smallest absolute Gasteiger partial charge is 0.224 e. The van der Waals surface area contributed by atoms with Gasteiger partial charge >= 0.3 is 0 Å². The number of nitrogens with zero attached hydrogens (tertiary/aromatic N) is 2. The normalized spacial score (nSPS) is 21.2. The van der Waals surface area contributed by atoms with E-state index < -0.39 is 0 Å². The molecule has 2 aliphatic rings. The molecule has 0 saturated heterocycles. The average Bonchev–Trinajstić information content (AvgIpc) is 3.18. The maximum absolute atomic E-state index is 13.0. The molecular weight excluding hydrogens is 420 g/mol. The number of hydrogen-bond donors (Lipinski definition) is 2. The summed E-state index contributed by atoms with van der Waals surface area (Å²) in [4.78, 5) is 17.2. The van der Waals surface area contributed by atoms with E-state index in [4.69, 9.17) is 5.73 Å². The number of carbonyl (C=O) groups is 1. The molecule has 34 heavy (non-hydrogen) atoms. The van der Waals surface area contributed by atoms with Gasteiger partial charge in [-0.15, -0.1) is 0 Å². The minimum Gasteiger partial charge on any atom is -0.353 e. The lowest BCUT2D eigenvalue weighted by atomic mass is 9.89. The van der Waals surface area contributed by atoms with Gasteiger partial charge in [0, 0.05) is 48.1 Å². The zero-order valence-electron chi connectivity index (χ0n) is 19.5. The summed E-state index contributed by atoms with van der Waals surface area (Å²) in [6.07, 6.45) is 17.0. The highest BCUT2D eigenvalue weighted by Crippen LogP contribution is 2.31. The van der Waals surface area contributed by atoms with E-state index in [-0.39, 0.29) is 19.4 Å². The van der Waals surface area contributed by atoms with Crippen LogP contribution in [0.2, 0.25) is 0 Å². The summed E-state index contributed by atoms with van der Waals surface area (Å²) in [5.74, 6) is 0.865. The van der Waals surface area contributed by atoms with E-state index in [1.807, 2.05) is 24.5 Å². The van der Waals surface area contributed by atoms with Crippen LogP contribution in [0, 0.1) is 5.92 Å². The van der Waals surface area contributed by atoms with E-state index in [2.05, 4.69) is 39.3 Å². The monoisotopic (exact) mass is 460 g/mol. The predicted octanol–water partition coefficient (Wildman–Crippen LogP) is 5.85. The van der Waals surface area contributed by atoms with E-state index in [9.17, 15) is 4.79 Å². The number of benzene rings is 1. The number of carbonyl (C=O) groups excluding carboxylic acids is 1. The molecule has 5 rings (SSSR count). The molecule has 0 spiro atoms. The van der Waals surface area contributed by atoms with E-state index in [1.165, 1.54) is 48.6 Å². The molecule has 2 fully saturated rings. The van der Waals surface area contributed by atoms with E-state index in [0.29, 0.717) is 12.5 Å². The third-order valence-electron chi connectivity index (χ3n) is 7.64. The highest BCUT2D eigenvalue weighted by atomic mass is 16.1. The Labute approximate surface area is 204 Å². The number of rotatable bonds is 6. The summed E-state index contributed by atoms with van der Waals surface area (Å²) in [5.41, 5.74) is 10.7. The fraction of sp³-hybridized carbons (Fsp3) is 0.517. The van der Waals surface area contributed by atoms with Crippen molar-refractivity contribution < 1.29 is 4.79 Å². The summed E-state index contributed by atoms with van der Waals surface area (Å²) in [7, 11) is 0. The van der Waals surface area contributed by atoms with Crippen molar-refractivity contribution in [3.8, 4) is 11.1 Å². The van der Waals surface area contributed by atoms with Gasteiger partial charge < -0.3 is 15.6 Å². The number of nitrogens with two attached hydrogens (primary N) is 1. The zero-order valence-corrected chi connectivity index (χ0v) is 19.5. The van der Waals surface area contributed by atoms with Crippen LogP contribution in [-0.2, 0) is 17.8 Å². The average molecular weight is 461 g/mol. The Morgan fingerprint density at radius 2 is 1.71 bits per heavy atom. The van der Waals surface area contributed by atoms with E-state index in [1.54, 1.807) is 0 Å². The van der Waals surface area contributed by atoms with Crippen molar-refractivity contribution in [3.05, 3.63) is 54.5 Å². The van der Waals surface area contributed by atoms with Gasteiger partial charge in [0.15, 0.2) is 0 Å². The van der Waals surface area contributed by atoms with Gasteiger partial charge in [0.25, 0.3) is 0 Å². The Balaban J connectivity index is 0.00000274. The number of fused-ring (bicyclic) bond motifs is 1. The molecule has 3 N–H and O–H groups in total. The van der Waals surface area contributed by atoms with Crippen molar-refractivity contribution >= 4 is 16.8 Å². The highest BCUT2D eigenvalue weighted by molar-refractivity contribution is 5.92. The Morgan fingerprint density at radius 3 is 2.44 bits per heavy atom. The first-order valence-corrected chi connectivity index (χ1v) is 12.7. The van der Waals surface area contributed by atoms with E-state index >= 15 is 0 Å². The molecule has 182 valence electrons. The summed E-state index contributed by atoms with van der Waals surface area (Å²) in [6.45, 7) is 1.05. The van der Waals surface area contributed by atoms with Gasteiger partial charge in [0.1, 0.15) is 0 Å². The van der Waals surface area contributed by atoms with Crippen LogP contribution >= 0.6 is 0 Å².